The maximum atomic E-state index is 12.5. The van der Waals surface area contributed by atoms with Crippen LogP contribution in [0.4, 0.5) is 10.5 Å². The molecule has 2 fully saturated rings. The Labute approximate surface area is 135 Å². The van der Waals surface area contributed by atoms with E-state index >= 15 is 0 Å². The molecule has 4 nitrogen and oxygen atoms in total. The molecule has 1 aromatic carbocycles. The van der Waals surface area contributed by atoms with Gasteiger partial charge < -0.3 is 15.1 Å². The average Bonchev–Trinajstić information content (AvgIpc) is 2.85. The van der Waals surface area contributed by atoms with Crippen LogP contribution < -0.4 is 5.32 Å². The normalized spacial score (nSPS) is 25.8. The van der Waals surface area contributed by atoms with Crippen LogP contribution in [0.15, 0.2) is 18.2 Å². The third-order valence-corrected chi connectivity index (χ3v) is 5.06. The average molecular weight is 328 g/mol. The Hall–Kier alpha value is -0.970. The molecule has 0 bridgehead atoms. The van der Waals surface area contributed by atoms with Crippen LogP contribution in [0.5, 0.6) is 0 Å². The zero-order valence-electron chi connectivity index (χ0n) is 12.0. The first kappa shape index (κ1) is 14.9. The smallest absolute Gasteiger partial charge is 0.320 e. The van der Waals surface area contributed by atoms with Crippen molar-refractivity contribution in [2.24, 2.45) is 5.92 Å². The van der Waals surface area contributed by atoms with Gasteiger partial charge in [0.1, 0.15) is 0 Å². The summed E-state index contributed by atoms with van der Waals surface area (Å²) in [5.74, 6) is 0.627. The quantitative estimate of drug-likeness (QED) is 0.856. The van der Waals surface area contributed by atoms with Gasteiger partial charge >= 0.3 is 6.03 Å². The van der Waals surface area contributed by atoms with Gasteiger partial charge in [0.05, 0.1) is 10.7 Å². The second-order valence-corrected chi connectivity index (χ2v) is 6.76. The van der Waals surface area contributed by atoms with E-state index in [0.29, 0.717) is 27.7 Å². The highest BCUT2D eigenvalue weighted by Crippen LogP contribution is 2.32. The third kappa shape index (κ3) is 3.12. The van der Waals surface area contributed by atoms with Crippen molar-refractivity contribution in [3.8, 4) is 0 Å². The number of nitrogens with one attached hydrogen (secondary N) is 1. The standard InChI is InChI=1S/C15H19Cl2N3O/c1-19-6-4-10-5-7-20(14(10)9-19)15(21)18-13-8-11(16)2-3-12(13)17/h2-3,8,10,14H,4-7,9H2,1H3,(H,18,21). The molecule has 2 heterocycles. The van der Waals surface area contributed by atoms with Crippen molar-refractivity contribution in [1.82, 2.24) is 9.80 Å². The predicted octanol–water partition coefficient (Wildman–Crippen LogP) is 3.55. The summed E-state index contributed by atoms with van der Waals surface area (Å²) in [6, 6.07) is 5.31. The number of nitrogens with zero attached hydrogens (tertiary/aromatic N) is 2. The van der Waals surface area contributed by atoms with Crippen LogP contribution in [0.2, 0.25) is 10.0 Å². The first-order valence-electron chi connectivity index (χ1n) is 7.26. The molecule has 3 rings (SSSR count). The first-order valence-corrected chi connectivity index (χ1v) is 8.01. The van der Waals surface area contributed by atoms with Crippen LogP contribution in [0.3, 0.4) is 0 Å². The van der Waals surface area contributed by atoms with E-state index in [1.807, 2.05) is 4.90 Å². The number of anilines is 1. The zero-order chi connectivity index (χ0) is 15.0. The molecule has 0 aliphatic carbocycles. The van der Waals surface area contributed by atoms with Gasteiger partial charge in [-0.25, -0.2) is 4.79 Å². The Morgan fingerprint density at radius 3 is 2.86 bits per heavy atom. The maximum Gasteiger partial charge on any atom is 0.322 e. The van der Waals surface area contributed by atoms with Gasteiger partial charge in [0.15, 0.2) is 0 Å². The van der Waals surface area contributed by atoms with E-state index in [2.05, 4.69) is 17.3 Å². The van der Waals surface area contributed by atoms with Crippen molar-refractivity contribution >= 4 is 34.9 Å². The molecule has 2 amide bonds. The van der Waals surface area contributed by atoms with Crippen LogP contribution in [0, 0.1) is 5.92 Å². The van der Waals surface area contributed by atoms with Gasteiger partial charge in [-0.15, -0.1) is 0 Å². The Morgan fingerprint density at radius 1 is 1.29 bits per heavy atom. The summed E-state index contributed by atoms with van der Waals surface area (Å²) in [6.07, 6.45) is 2.26. The van der Waals surface area contributed by atoms with E-state index in [-0.39, 0.29) is 6.03 Å². The molecule has 2 aliphatic rings. The first-order chi connectivity index (χ1) is 10.0. The fraction of sp³-hybridized carbons (Fsp3) is 0.533. The Bertz CT molecular complexity index is 552. The number of likely N-dealkylation sites (N-methyl/N-ethyl adjacent to an activating group) is 1. The molecule has 0 saturated carbocycles. The SMILES string of the molecule is CN1CCC2CCN(C(=O)Nc3cc(Cl)ccc3Cl)C2C1. The summed E-state index contributed by atoms with van der Waals surface area (Å²) >= 11 is 12.1. The topological polar surface area (TPSA) is 35.6 Å². The summed E-state index contributed by atoms with van der Waals surface area (Å²) in [7, 11) is 2.11. The third-order valence-electron chi connectivity index (χ3n) is 4.50. The molecule has 1 aromatic rings. The van der Waals surface area contributed by atoms with Crippen molar-refractivity contribution in [2.45, 2.75) is 18.9 Å². The molecule has 6 heteroatoms. The molecule has 114 valence electrons. The van der Waals surface area contributed by atoms with Crippen LogP contribution in [0.25, 0.3) is 0 Å². The number of urea groups is 1. The molecule has 2 saturated heterocycles. The van der Waals surface area contributed by atoms with Crippen molar-refractivity contribution in [2.75, 3.05) is 32.0 Å². The Morgan fingerprint density at radius 2 is 2.05 bits per heavy atom. The number of piperidine rings is 1. The number of halogens is 2. The molecule has 21 heavy (non-hydrogen) atoms. The summed E-state index contributed by atoms with van der Waals surface area (Å²) in [5, 5.41) is 3.96. The fourth-order valence-corrected chi connectivity index (χ4v) is 3.67. The number of carbonyl (C=O) groups excluding carboxylic acids is 1. The Kier molecular flexibility index (Phi) is 4.29. The molecule has 2 unspecified atom stereocenters. The monoisotopic (exact) mass is 327 g/mol. The van der Waals surface area contributed by atoms with Crippen molar-refractivity contribution in [3.63, 3.8) is 0 Å². The number of fused-ring (bicyclic) bond motifs is 1. The number of amides is 2. The van der Waals surface area contributed by atoms with Crippen LogP contribution in [0.1, 0.15) is 12.8 Å². The van der Waals surface area contributed by atoms with Crippen LogP contribution in [-0.2, 0) is 0 Å². The van der Waals surface area contributed by atoms with E-state index < -0.39 is 0 Å². The lowest BCUT2D eigenvalue weighted by Gasteiger charge is -2.36. The largest absolute Gasteiger partial charge is 0.322 e. The number of hydrogen-bond acceptors (Lipinski definition) is 2. The van der Waals surface area contributed by atoms with E-state index in [1.165, 1.54) is 6.42 Å². The van der Waals surface area contributed by atoms with Gasteiger partial charge in [-0.1, -0.05) is 23.2 Å². The van der Waals surface area contributed by atoms with Gasteiger partial charge in [0.25, 0.3) is 0 Å². The lowest BCUT2D eigenvalue weighted by Crippen LogP contribution is -2.49. The van der Waals surface area contributed by atoms with E-state index in [1.54, 1.807) is 18.2 Å². The molecule has 2 aliphatic heterocycles. The van der Waals surface area contributed by atoms with Gasteiger partial charge in [-0.3, -0.25) is 0 Å². The second kappa shape index (κ2) is 6.03. The van der Waals surface area contributed by atoms with Gasteiger partial charge in [0.2, 0.25) is 0 Å². The number of carbonyl (C=O) groups is 1. The van der Waals surface area contributed by atoms with Crippen molar-refractivity contribution in [3.05, 3.63) is 28.2 Å². The summed E-state index contributed by atoms with van der Waals surface area (Å²) in [4.78, 5) is 16.8. The lowest BCUT2D eigenvalue weighted by molar-refractivity contribution is 0.137. The maximum absolute atomic E-state index is 12.5. The van der Waals surface area contributed by atoms with Crippen molar-refractivity contribution in [1.29, 1.82) is 0 Å². The molecular weight excluding hydrogens is 309 g/mol. The van der Waals surface area contributed by atoms with E-state index in [4.69, 9.17) is 23.2 Å². The molecule has 0 radical (unpaired) electrons. The molecule has 0 aromatic heterocycles. The molecule has 1 N–H and O–H groups in total. The summed E-state index contributed by atoms with van der Waals surface area (Å²) in [5.41, 5.74) is 0.571. The molecule has 2 atom stereocenters. The number of likely N-dealkylation sites (tertiary alicyclic amines) is 2. The Balaban J connectivity index is 1.72. The van der Waals surface area contributed by atoms with Crippen LogP contribution in [-0.4, -0.2) is 48.6 Å². The second-order valence-electron chi connectivity index (χ2n) is 5.91. The van der Waals surface area contributed by atoms with Gasteiger partial charge in [-0.05, 0) is 50.6 Å². The van der Waals surface area contributed by atoms with Crippen LogP contribution >= 0.6 is 23.2 Å². The number of hydrogen-bond donors (Lipinski definition) is 1. The minimum absolute atomic E-state index is 0.0815. The van der Waals surface area contributed by atoms with E-state index in [9.17, 15) is 4.79 Å². The molecular formula is C15H19Cl2N3O. The fourth-order valence-electron chi connectivity index (χ4n) is 3.33. The summed E-state index contributed by atoms with van der Waals surface area (Å²) in [6.45, 7) is 2.88. The highest BCUT2D eigenvalue weighted by molar-refractivity contribution is 6.35. The van der Waals surface area contributed by atoms with Crippen molar-refractivity contribution < 1.29 is 4.79 Å². The van der Waals surface area contributed by atoms with Gasteiger partial charge in [0, 0.05) is 24.2 Å². The lowest BCUT2D eigenvalue weighted by atomic mass is 9.92. The number of benzene rings is 1. The molecule has 0 spiro atoms. The minimum Gasteiger partial charge on any atom is -0.320 e. The minimum atomic E-state index is -0.0815. The number of rotatable bonds is 1. The summed E-state index contributed by atoms with van der Waals surface area (Å²) < 4.78 is 0. The highest BCUT2D eigenvalue weighted by atomic mass is 35.5. The zero-order valence-corrected chi connectivity index (χ0v) is 13.5. The highest BCUT2D eigenvalue weighted by Gasteiger charge is 2.39. The van der Waals surface area contributed by atoms with E-state index in [0.717, 1.165) is 26.1 Å². The van der Waals surface area contributed by atoms with Gasteiger partial charge in [-0.2, -0.15) is 0 Å². The predicted molar refractivity (Wildman–Crippen MR) is 86.2 cm³/mol.